The van der Waals surface area contributed by atoms with Crippen LogP contribution in [0.1, 0.15) is 60.8 Å². The van der Waals surface area contributed by atoms with Crippen LogP contribution in [0.5, 0.6) is 0 Å². The number of likely N-dealkylation sites (tertiary alicyclic amines) is 1. The van der Waals surface area contributed by atoms with Gasteiger partial charge in [-0.1, -0.05) is 50.2 Å². The number of rotatable bonds is 7. The standard InChI is InChI=1S/C32H38N4O2/c1-21(2)30-27-17-25(24-12-14-35(15-13-24)20-29(37)33-4)10-11-28(27)34-31(30)26-16-22(3)32(38)36(19-26)18-23-8-6-5-7-9-23/h5-11,16-17,19,21,24,34H,12-15,18,20H2,1-4H3,(H,33,37). The van der Waals surface area contributed by atoms with Gasteiger partial charge in [-0.3, -0.25) is 14.5 Å². The van der Waals surface area contributed by atoms with Gasteiger partial charge in [-0.15, -0.1) is 0 Å². The molecule has 1 aliphatic heterocycles. The van der Waals surface area contributed by atoms with Crippen LogP contribution >= 0.6 is 0 Å². The molecule has 0 atom stereocenters. The Morgan fingerprint density at radius 3 is 2.50 bits per heavy atom. The number of aromatic amines is 1. The lowest BCUT2D eigenvalue weighted by Crippen LogP contribution is -2.40. The highest BCUT2D eigenvalue weighted by Gasteiger charge is 2.24. The molecule has 2 aromatic heterocycles. The number of pyridine rings is 1. The van der Waals surface area contributed by atoms with Crippen molar-refractivity contribution in [1.82, 2.24) is 19.8 Å². The van der Waals surface area contributed by atoms with E-state index in [0.29, 0.717) is 24.9 Å². The van der Waals surface area contributed by atoms with Crippen LogP contribution in [-0.2, 0) is 11.3 Å². The van der Waals surface area contributed by atoms with Crippen LogP contribution in [0, 0.1) is 6.92 Å². The molecule has 1 saturated heterocycles. The van der Waals surface area contributed by atoms with Gasteiger partial charge in [0.05, 0.1) is 18.8 Å². The summed E-state index contributed by atoms with van der Waals surface area (Å²) < 4.78 is 1.83. The Hall–Kier alpha value is -3.64. The summed E-state index contributed by atoms with van der Waals surface area (Å²) in [6.07, 6.45) is 4.11. The molecule has 5 rings (SSSR count). The van der Waals surface area contributed by atoms with Crippen molar-refractivity contribution in [2.24, 2.45) is 0 Å². The number of fused-ring (bicyclic) bond motifs is 1. The number of piperidine rings is 1. The molecular weight excluding hydrogens is 472 g/mol. The summed E-state index contributed by atoms with van der Waals surface area (Å²) in [5.41, 5.74) is 7.83. The molecule has 0 aliphatic carbocycles. The van der Waals surface area contributed by atoms with Crippen molar-refractivity contribution in [2.75, 3.05) is 26.7 Å². The van der Waals surface area contributed by atoms with Crippen molar-refractivity contribution < 1.29 is 4.79 Å². The highest BCUT2D eigenvalue weighted by atomic mass is 16.2. The number of aromatic nitrogens is 2. The van der Waals surface area contributed by atoms with E-state index in [2.05, 4.69) is 59.4 Å². The summed E-state index contributed by atoms with van der Waals surface area (Å²) in [6, 6.07) is 19.0. The van der Waals surface area contributed by atoms with E-state index in [1.54, 1.807) is 7.05 Å². The Balaban J connectivity index is 1.48. The van der Waals surface area contributed by atoms with Crippen LogP contribution in [0.3, 0.4) is 0 Å². The second-order valence-corrected chi connectivity index (χ2v) is 10.9. The van der Waals surface area contributed by atoms with E-state index in [9.17, 15) is 9.59 Å². The molecule has 6 nitrogen and oxygen atoms in total. The Labute approximate surface area is 224 Å². The molecule has 38 heavy (non-hydrogen) atoms. The molecule has 2 aromatic carbocycles. The van der Waals surface area contributed by atoms with Gasteiger partial charge in [-0.25, -0.2) is 0 Å². The zero-order valence-electron chi connectivity index (χ0n) is 22.9. The maximum atomic E-state index is 13.0. The molecule has 0 spiro atoms. The first kappa shape index (κ1) is 26.0. The second kappa shape index (κ2) is 11.0. The molecule has 3 heterocycles. The molecule has 0 radical (unpaired) electrons. The van der Waals surface area contributed by atoms with E-state index in [-0.39, 0.29) is 11.5 Å². The van der Waals surface area contributed by atoms with Crippen molar-refractivity contribution in [3.05, 3.63) is 93.4 Å². The molecule has 0 saturated carbocycles. The number of nitrogens with zero attached hydrogens (tertiary/aromatic N) is 2. The van der Waals surface area contributed by atoms with Gasteiger partial charge < -0.3 is 14.9 Å². The summed E-state index contributed by atoms with van der Waals surface area (Å²) in [5, 5.41) is 3.99. The third-order valence-electron chi connectivity index (χ3n) is 7.89. The van der Waals surface area contributed by atoms with Crippen molar-refractivity contribution in [3.63, 3.8) is 0 Å². The van der Waals surface area contributed by atoms with Crippen LogP contribution in [0.25, 0.3) is 22.2 Å². The molecule has 6 heteroatoms. The first-order chi connectivity index (χ1) is 18.3. The Kier molecular flexibility index (Phi) is 7.52. The fourth-order valence-electron chi connectivity index (χ4n) is 5.84. The zero-order chi connectivity index (χ0) is 26.8. The van der Waals surface area contributed by atoms with Gasteiger partial charge in [0, 0.05) is 35.3 Å². The normalized spacial score (nSPS) is 14.9. The van der Waals surface area contributed by atoms with Gasteiger partial charge in [-0.2, -0.15) is 0 Å². The van der Waals surface area contributed by atoms with Crippen molar-refractivity contribution in [1.29, 1.82) is 0 Å². The smallest absolute Gasteiger partial charge is 0.253 e. The predicted molar refractivity (Wildman–Crippen MR) is 155 cm³/mol. The van der Waals surface area contributed by atoms with Crippen LogP contribution < -0.4 is 10.9 Å². The average molecular weight is 511 g/mol. The van der Waals surface area contributed by atoms with Gasteiger partial charge in [0.25, 0.3) is 5.56 Å². The molecule has 1 fully saturated rings. The first-order valence-corrected chi connectivity index (χ1v) is 13.7. The number of carbonyl (C=O) groups excluding carboxylic acids is 1. The van der Waals surface area contributed by atoms with Crippen molar-refractivity contribution in [3.8, 4) is 11.3 Å². The van der Waals surface area contributed by atoms with Gasteiger partial charge in [0.1, 0.15) is 0 Å². The van der Waals surface area contributed by atoms with Crippen LogP contribution in [0.4, 0.5) is 0 Å². The van der Waals surface area contributed by atoms with E-state index in [0.717, 1.165) is 53.8 Å². The summed E-state index contributed by atoms with van der Waals surface area (Å²) in [5.74, 6) is 0.892. The molecule has 4 aromatic rings. The zero-order valence-corrected chi connectivity index (χ0v) is 22.9. The number of aryl methyl sites for hydroxylation is 1. The second-order valence-electron chi connectivity index (χ2n) is 10.9. The summed E-state index contributed by atoms with van der Waals surface area (Å²) in [6.45, 7) is 9.29. The van der Waals surface area contributed by atoms with Gasteiger partial charge >= 0.3 is 0 Å². The van der Waals surface area contributed by atoms with Gasteiger partial charge in [0.2, 0.25) is 5.91 Å². The fraction of sp³-hybridized carbons (Fsp3) is 0.375. The van der Waals surface area contributed by atoms with Crippen LogP contribution in [-0.4, -0.2) is 47.0 Å². The highest BCUT2D eigenvalue weighted by Crippen LogP contribution is 2.38. The maximum absolute atomic E-state index is 13.0. The SMILES string of the molecule is CNC(=O)CN1CCC(c2ccc3[nH]c(-c4cc(C)c(=O)n(Cc5ccccc5)c4)c(C(C)C)c3c2)CC1. The number of carbonyl (C=O) groups is 1. The molecular formula is C32H38N4O2. The third-order valence-corrected chi connectivity index (χ3v) is 7.89. The van der Waals surface area contributed by atoms with Gasteiger partial charge in [0.15, 0.2) is 0 Å². The minimum Gasteiger partial charge on any atom is -0.358 e. The predicted octanol–water partition coefficient (Wildman–Crippen LogP) is 5.40. The molecule has 198 valence electrons. The molecule has 1 aliphatic rings. The number of hydrogen-bond donors (Lipinski definition) is 2. The molecule has 0 bridgehead atoms. The Morgan fingerprint density at radius 1 is 1.08 bits per heavy atom. The molecule has 1 amide bonds. The number of hydrogen-bond acceptors (Lipinski definition) is 3. The number of nitrogens with one attached hydrogen (secondary N) is 2. The topological polar surface area (TPSA) is 70.1 Å². The largest absolute Gasteiger partial charge is 0.358 e. The van der Waals surface area contributed by atoms with Crippen molar-refractivity contribution >= 4 is 16.8 Å². The summed E-state index contributed by atoms with van der Waals surface area (Å²) in [4.78, 5) is 30.7. The van der Waals surface area contributed by atoms with E-state index >= 15 is 0 Å². The molecule has 2 N–H and O–H groups in total. The number of likely N-dealkylation sites (N-methyl/N-ethyl adjacent to an activating group) is 1. The Bertz CT molecular complexity index is 1490. The molecule has 0 unspecified atom stereocenters. The third kappa shape index (κ3) is 5.32. The quantitative estimate of drug-likeness (QED) is 0.350. The van der Waals surface area contributed by atoms with E-state index in [1.165, 1.54) is 16.5 Å². The lowest BCUT2D eigenvalue weighted by atomic mass is 9.87. The van der Waals surface area contributed by atoms with E-state index in [4.69, 9.17) is 0 Å². The van der Waals surface area contributed by atoms with Crippen LogP contribution in [0.15, 0.2) is 65.6 Å². The lowest BCUT2D eigenvalue weighted by molar-refractivity contribution is -0.122. The lowest BCUT2D eigenvalue weighted by Gasteiger charge is -2.31. The fourth-order valence-corrected chi connectivity index (χ4v) is 5.84. The maximum Gasteiger partial charge on any atom is 0.253 e. The monoisotopic (exact) mass is 510 g/mol. The van der Waals surface area contributed by atoms with Gasteiger partial charge in [-0.05, 0) is 79.6 Å². The highest BCUT2D eigenvalue weighted by molar-refractivity contribution is 5.92. The minimum absolute atomic E-state index is 0.0462. The number of H-pyrrole nitrogens is 1. The summed E-state index contributed by atoms with van der Waals surface area (Å²) >= 11 is 0. The van der Waals surface area contributed by atoms with Crippen molar-refractivity contribution in [2.45, 2.75) is 52.0 Å². The van der Waals surface area contributed by atoms with E-state index < -0.39 is 0 Å². The Morgan fingerprint density at radius 2 is 1.82 bits per heavy atom. The number of benzene rings is 2. The van der Waals surface area contributed by atoms with Crippen LogP contribution in [0.2, 0.25) is 0 Å². The first-order valence-electron chi connectivity index (χ1n) is 13.7. The van der Waals surface area contributed by atoms with E-state index in [1.807, 2.05) is 42.0 Å². The minimum atomic E-state index is 0.0462. The summed E-state index contributed by atoms with van der Waals surface area (Å²) in [7, 11) is 1.70. The average Bonchev–Trinajstić information content (AvgIpc) is 3.31. The number of amides is 1.